The quantitative estimate of drug-likeness (QED) is 0.453. The van der Waals surface area contributed by atoms with Crippen LogP contribution in [0.3, 0.4) is 0 Å². The highest BCUT2D eigenvalue weighted by Crippen LogP contribution is 2.12. The smallest absolute Gasteiger partial charge is 0.326 e. The summed E-state index contributed by atoms with van der Waals surface area (Å²) >= 11 is 0. The van der Waals surface area contributed by atoms with Gasteiger partial charge < -0.3 is 10.4 Å². The molecule has 0 heterocycles. The van der Waals surface area contributed by atoms with Crippen LogP contribution in [-0.4, -0.2) is 27.9 Å². The van der Waals surface area contributed by atoms with Crippen molar-refractivity contribution in [3.05, 3.63) is 46.0 Å². The van der Waals surface area contributed by atoms with Crippen molar-refractivity contribution in [3.63, 3.8) is 0 Å². The summed E-state index contributed by atoms with van der Waals surface area (Å²) in [5.74, 6) is -1.59. The maximum absolute atomic E-state index is 11.6. The number of carboxylic acid groups (broad SMARTS) is 1. The highest BCUT2D eigenvalue weighted by atomic mass is 16.6. The number of carbonyl (C=O) groups is 2. The van der Waals surface area contributed by atoms with Crippen molar-refractivity contribution in [1.82, 2.24) is 5.32 Å². The molecule has 7 heteroatoms. The molecule has 21 heavy (non-hydrogen) atoms. The monoisotopic (exact) mass is 292 g/mol. The third-order valence-electron chi connectivity index (χ3n) is 2.72. The predicted molar refractivity (Wildman–Crippen MR) is 76.6 cm³/mol. The molecule has 0 aromatic heterocycles. The standard InChI is InChI=1S/C14H16N2O5/c1-2-3-12(14(18)19)15-13(17)9-6-10-4-7-11(8-5-10)16(20)21/h4-9,12H,2-3H2,1H3,(H,15,17)(H,18,19)/b9-6+/t12-/m1/s1. The lowest BCUT2D eigenvalue weighted by atomic mass is 10.1. The SMILES string of the molecule is CCC[C@@H](NC(=O)/C=C/c1ccc([N+](=O)[O-])cc1)C(=O)O. The van der Waals surface area contributed by atoms with Gasteiger partial charge in [-0.1, -0.05) is 13.3 Å². The maximum atomic E-state index is 11.6. The summed E-state index contributed by atoms with van der Waals surface area (Å²) in [4.78, 5) is 32.5. The average molecular weight is 292 g/mol. The van der Waals surface area contributed by atoms with Gasteiger partial charge in [-0.05, 0) is 30.2 Å². The third kappa shape index (κ3) is 5.43. The van der Waals surface area contributed by atoms with Gasteiger partial charge in [-0.3, -0.25) is 14.9 Å². The Morgan fingerprint density at radius 3 is 2.48 bits per heavy atom. The molecule has 0 bridgehead atoms. The van der Waals surface area contributed by atoms with Crippen molar-refractivity contribution in [2.45, 2.75) is 25.8 Å². The molecule has 1 amide bonds. The zero-order valence-electron chi connectivity index (χ0n) is 11.5. The number of nitrogens with zero attached hydrogens (tertiary/aromatic N) is 1. The summed E-state index contributed by atoms with van der Waals surface area (Å²) in [5.41, 5.74) is 0.573. The molecule has 0 radical (unpaired) electrons. The number of nitro groups is 1. The van der Waals surface area contributed by atoms with Crippen molar-refractivity contribution in [2.75, 3.05) is 0 Å². The average Bonchev–Trinajstić information content (AvgIpc) is 2.45. The number of amides is 1. The Labute approximate surface area is 121 Å². The zero-order chi connectivity index (χ0) is 15.8. The first kappa shape index (κ1) is 16.4. The number of hydrogen-bond acceptors (Lipinski definition) is 4. The summed E-state index contributed by atoms with van der Waals surface area (Å²) in [6.07, 6.45) is 3.66. The largest absolute Gasteiger partial charge is 0.480 e. The van der Waals surface area contributed by atoms with E-state index in [2.05, 4.69) is 5.32 Å². The van der Waals surface area contributed by atoms with Crippen LogP contribution in [0.1, 0.15) is 25.3 Å². The van der Waals surface area contributed by atoms with Gasteiger partial charge in [0.15, 0.2) is 0 Å². The molecule has 1 atom stereocenters. The lowest BCUT2D eigenvalue weighted by Crippen LogP contribution is -2.39. The first-order valence-corrected chi connectivity index (χ1v) is 6.40. The molecule has 0 aliphatic carbocycles. The minimum atomic E-state index is -1.08. The molecular formula is C14H16N2O5. The van der Waals surface area contributed by atoms with Crippen LogP contribution in [0.15, 0.2) is 30.3 Å². The molecule has 0 saturated carbocycles. The van der Waals surface area contributed by atoms with Crippen molar-refractivity contribution in [1.29, 1.82) is 0 Å². The van der Waals surface area contributed by atoms with E-state index in [-0.39, 0.29) is 5.69 Å². The summed E-state index contributed by atoms with van der Waals surface area (Å²) < 4.78 is 0. The number of rotatable bonds is 7. The molecule has 2 N–H and O–H groups in total. The van der Waals surface area contributed by atoms with Gasteiger partial charge in [0.25, 0.3) is 5.69 Å². The van der Waals surface area contributed by atoms with Gasteiger partial charge in [-0.15, -0.1) is 0 Å². The molecule has 7 nitrogen and oxygen atoms in total. The van der Waals surface area contributed by atoms with Crippen LogP contribution in [0.5, 0.6) is 0 Å². The number of benzene rings is 1. The second-order valence-electron chi connectivity index (χ2n) is 4.37. The molecule has 1 aromatic rings. The number of hydrogen-bond donors (Lipinski definition) is 2. The number of carboxylic acids is 1. The van der Waals surface area contributed by atoms with Crippen molar-refractivity contribution in [2.24, 2.45) is 0 Å². The third-order valence-corrected chi connectivity index (χ3v) is 2.72. The Morgan fingerprint density at radius 2 is 2.00 bits per heavy atom. The Balaban J connectivity index is 2.64. The number of nitro benzene ring substituents is 1. The molecule has 0 saturated heterocycles. The summed E-state index contributed by atoms with van der Waals surface area (Å²) in [6, 6.07) is 4.75. The van der Waals surface area contributed by atoms with Crippen molar-refractivity contribution >= 4 is 23.6 Å². The van der Waals surface area contributed by atoms with Gasteiger partial charge >= 0.3 is 5.97 Å². The van der Waals surface area contributed by atoms with Gasteiger partial charge in [0, 0.05) is 18.2 Å². The lowest BCUT2D eigenvalue weighted by Gasteiger charge is -2.11. The van der Waals surface area contributed by atoms with E-state index in [1.807, 2.05) is 6.92 Å². The fraction of sp³-hybridized carbons (Fsp3) is 0.286. The molecule has 1 aromatic carbocycles. The van der Waals surface area contributed by atoms with E-state index in [0.29, 0.717) is 18.4 Å². The van der Waals surface area contributed by atoms with E-state index in [1.54, 1.807) is 0 Å². The van der Waals surface area contributed by atoms with E-state index < -0.39 is 22.8 Å². The Hall–Kier alpha value is -2.70. The minimum Gasteiger partial charge on any atom is -0.480 e. The Morgan fingerprint density at radius 1 is 1.38 bits per heavy atom. The molecule has 1 rings (SSSR count). The number of non-ortho nitro benzene ring substituents is 1. The summed E-state index contributed by atoms with van der Waals surface area (Å²) in [7, 11) is 0. The minimum absolute atomic E-state index is 0.0366. The molecule has 0 spiro atoms. The topological polar surface area (TPSA) is 110 Å². The number of nitrogens with one attached hydrogen (secondary N) is 1. The van der Waals surface area contributed by atoms with Gasteiger partial charge in [-0.2, -0.15) is 0 Å². The Bertz CT molecular complexity index is 551. The van der Waals surface area contributed by atoms with Crippen LogP contribution >= 0.6 is 0 Å². The van der Waals surface area contributed by atoms with Gasteiger partial charge in [0.05, 0.1) is 4.92 Å². The fourth-order valence-electron chi connectivity index (χ4n) is 1.64. The highest BCUT2D eigenvalue weighted by molar-refractivity contribution is 5.94. The molecule has 0 aliphatic rings. The predicted octanol–water partition coefficient (Wildman–Crippen LogP) is 1.98. The molecule has 0 unspecified atom stereocenters. The van der Waals surface area contributed by atoms with E-state index in [0.717, 1.165) is 0 Å². The molecule has 0 aliphatic heterocycles. The van der Waals surface area contributed by atoms with E-state index >= 15 is 0 Å². The zero-order valence-corrected chi connectivity index (χ0v) is 11.5. The number of aliphatic carboxylic acids is 1. The second-order valence-corrected chi connectivity index (χ2v) is 4.37. The van der Waals surface area contributed by atoms with Gasteiger partial charge in [0.1, 0.15) is 6.04 Å². The van der Waals surface area contributed by atoms with Crippen molar-refractivity contribution in [3.8, 4) is 0 Å². The fourth-order valence-corrected chi connectivity index (χ4v) is 1.64. The molecule has 0 fully saturated rings. The normalized spacial score (nSPS) is 12.0. The first-order chi connectivity index (χ1) is 9.93. The summed E-state index contributed by atoms with van der Waals surface area (Å²) in [6.45, 7) is 1.83. The first-order valence-electron chi connectivity index (χ1n) is 6.40. The van der Waals surface area contributed by atoms with E-state index in [4.69, 9.17) is 5.11 Å². The lowest BCUT2D eigenvalue weighted by molar-refractivity contribution is -0.384. The van der Waals surface area contributed by atoms with Gasteiger partial charge in [-0.25, -0.2) is 4.79 Å². The number of carbonyl (C=O) groups excluding carboxylic acids is 1. The Kier molecular flexibility index (Phi) is 6.06. The second kappa shape index (κ2) is 7.78. The maximum Gasteiger partial charge on any atom is 0.326 e. The van der Waals surface area contributed by atoms with Crippen LogP contribution in [0.2, 0.25) is 0 Å². The van der Waals surface area contributed by atoms with Gasteiger partial charge in [0.2, 0.25) is 5.91 Å². The van der Waals surface area contributed by atoms with Crippen LogP contribution in [0, 0.1) is 10.1 Å². The van der Waals surface area contributed by atoms with Crippen LogP contribution in [-0.2, 0) is 9.59 Å². The van der Waals surface area contributed by atoms with Crippen LogP contribution in [0.4, 0.5) is 5.69 Å². The van der Waals surface area contributed by atoms with Crippen molar-refractivity contribution < 1.29 is 19.6 Å². The van der Waals surface area contributed by atoms with E-state index in [1.165, 1.54) is 36.4 Å². The molecule has 112 valence electrons. The van der Waals surface area contributed by atoms with E-state index in [9.17, 15) is 19.7 Å². The highest BCUT2D eigenvalue weighted by Gasteiger charge is 2.17. The summed E-state index contributed by atoms with van der Waals surface area (Å²) in [5, 5.41) is 21.8. The van der Waals surface area contributed by atoms with Crippen LogP contribution in [0.25, 0.3) is 6.08 Å². The van der Waals surface area contributed by atoms with Crippen LogP contribution < -0.4 is 5.32 Å². The molecular weight excluding hydrogens is 276 g/mol.